The maximum atomic E-state index is 5.34. The summed E-state index contributed by atoms with van der Waals surface area (Å²) in [5.41, 5.74) is 0. The summed E-state index contributed by atoms with van der Waals surface area (Å²) in [4.78, 5) is 4.17. The van der Waals surface area contributed by atoms with Crippen molar-refractivity contribution in [1.29, 1.82) is 0 Å². The number of hydrogen-bond acceptors (Lipinski definition) is 3. The van der Waals surface area contributed by atoms with Crippen molar-refractivity contribution < 1.29 is 9.47 Å². The van der Waals surface area contributed by atoms with Gasteiger partial charge in [0.15, 0.2) is 11.5 Å². The predicted octanol–water partition coefficient (Wildman–Crippen LogP) is 3.01. The van der Waals surface area contributed by atoms with Crippen LogP contribution in [-0.4, -0.2) is 19.2 Å². The van der Waals surface area contributed by atoms with Gasteiger partial charge in [0.2, 0.25) is 0 Å². The van der Waals surface area contributed by atoms with Crippen molar-refractivity contribution in [1.82, 2.24) is 4.98 Å². The highest BCUT2D eigenvalue weighted by Crippen LogP contribution is 2.38. The van der Waals surface area contributed by atoms with Gasteiger partial charge in [0, 0.05) is 6.20 Å². The van der Waals surface area contributed by atoms with E-state index in [2.05, 4.69) is 20.9 Å². The smallest absolute Gasteiger partial charge is 0.171 e. The fraction of sp³-hybridized carbons (Fsp3) is 0.182. The summed E-state index contributed by atoms with van der Waals surface area (Å²) in [7, 11) is 3.24. The van der Waals surface area contributed by atoms with Crippen molar-refractivity contribution in [3.05, 3.63) is 29.0 Å². The third-order valence-electron chi connectivity index (χ3n) is 2.23. The van der Waals surface area contributed by atoms with Gasteiger partial charge in [0.1, 0.15) is 4.60 Å². The fourth-order valence-corrected chi connectivity index (χ4v) is 2.07. The van der Waals surface area contributed by atoms with Crippen LogP contribution in [0.15, 0.2) is 29.0 Å². The molecule has 0 radical (unpaired) electrons. The summed E-state index contributed by atoms with van der Waals surface area (Å²) in [6.07, 6.45) is 1.75. The molecule has 0 unspecified atom stereocenters. The number of benzene rings is 1. The van der Waals surface area contributed by atoms with E-state index >= 15 is 0 Å². The molecule has 15 heavy (non-hydrogen) atoms. The molecule has 1 aromatic heterocycles. The summed E-state index contributed by atoms with van der Waals surface area (Å²) in [6.45, 7) is 0. The molecule has 0 saturated carbocycles. The average Bonchev–Trinajstić information content (AvgIpc) is 2.28. The largest absolute Gasteiger partial charge is 0.493 e. The summed E-state index contributed by atoms with van der Waals surface area (Å²) in [5, 5.41) is 1.99. The minimum Gasteiger partial charge on any atom is -0.493 e. The molecular weight excluding hydrogens is 258 g/mol. The highest BCUT2D eigenvalue weighted by Gasteiger charge is 2.11. The van der Waals surface area contributed by atoms with Crippen LogP contribution in [0.25, 0.3) is 10.8 Å². The number of nitrogens with zero attached hydrogens (tertiary/aromatic N) is 1. The van der Waals surface area contributed by atoms with Crippen molar-refractivity contribution in [2.75, 3.05) is 14.2 Å². The van der Waals surface area contributed by atoms with Crippen molar-refractivity contribution >= 4 is 26.7 Å². The molecule has 0 spiro atoms. The lowest BCUT2D eigenvalue weighted by atomic mass is 10.1. The second kappa shape index (κ2) is 4.06. The standard InChI is InChI=1S/C11H10BrNO2/c1-14-8-4-3-7-5-6-13-11(12)9(7)10(8)15-2/h3-6H,1-2H3. The first-order chi connectivity index (χ1) is 7.27. The molecular formula is C11H10BrNO2. The maximum Gasteiger partial charge on any atom is 0.171 e. The van der Waals surface area contributed by atoms with Gasteiger partial charge in [0.05, 0.1) is 19.6 Å². The van der Waals surface area contributed by atoms with E-state index in [1.165, 1.54) is 0 Å². The van der Waals surface area contributed by atoms with Crippen molar-refractivity contribution in [2.45, 2.75) is 0 Å². The minimum atomic E-state index is 0.704. The van der Waals surface area contributed by atoms with Crippen LogP contribution in [0.1, 0.15) is 0 Å². The number of hydrogen-bond donors (Lipinski definition) is 0. The predicted molar refractivity (Wildman–Crippen MR) is 62.5 cm³/mol. The SMILES string of the molecule is COc1ccc2ccnc(Br)c2c1OC. The van der Waals surface area contributed by atoms with Crippen LogP contribution in [0.4, 0.5) is 0 Å². The Labute approximate surface area is 96.2 Å². The van der Waals surface area contributed by atoms with Gasteiger partial charge in [-0.3, -0.25) is 0 Å². The number of pyridine rings is 1. The van der Waals surface area contributed by atoms with Crippen LogP contribution >= 0.6 is 15.9 Å². The zero-order chi connectivity index (χ0) is 10.8. The molecule has 0 aliphatic carbocycles. The van der Waals surface area contributed by atoms with Crippen LogP contribution in [0, 0.1) is 0 Å². The summed E-state index contributed by atoms with van der Waals surface area (Å²) in [5.74, 6) is 1.41. The van der Waals surface area contributed by atoms with E-state index in [9.17, 15) is 0 Å². The van der Waals surface area contributed by atoms with E-state index in [-0.39, 0.29) is 0 Å². The Morgan fingerprint density at radius 2 is 1.93 bits per heavy atom. The molecule has 0 amide bonds. The van der Waals surface area contributed by atoms with Gasteiger partial charge in [-0.15, -0.1) is 0 Å². The molecule has 2 aromatic rings. The lowest BCUT2D eigenvalue weighted by molar-refractivity contribution is 0.358. The van der Waals surface area contributed by atoms with Gasteiger partial charge in [0.25, 0.3) is 0 Å². The van der Waals surface area contributed by atoms with Gasteiger partial charge in [-0.25, -0.2) is 4.98 Å². The quantitative estimate of drug-likeness (QED) is 0.784. The molecule has 0 saturated heterocycles. The topological polar surface area (TPSA) is 31.4 Å². The van der Waals surface area contributed by atoms with Gasteiger partial charge in [-0.05, 0) is 33.4 Å². The fourth-order valence-electron chi connectivity index (χ4n) is 1.54. The van der Waals surface area contributed by atoms with Crippen LogP contribution in [0.5, 0.6) is 11.5 Å². The third kappa shape index (κ3) is 1.65. The van der Waals surface area contributed by atoms with Gasteiger partial charge < -0.3 is 9.47 Å². The molecule has 0 fully saturated rings. The van der Waals surface area contributed by atoms with E-state index in [0.717, 1.165) is 15.4 Å². The Morgan fingerprint density at radius 3 is 2.60 bits per heavy atom. The number of methoxy groups -OCH3 is 2. The van der Waals surface area contributed by atoms with Crippen LogP contribution < -0.4 is 9.47 Å². The van der Waals surface area contributed by atoms with Crippen molar-refractivity contribution in [3.63, 3.8) is 0 Å². The summed E-state index contributed by atoms with van der Waals surface area (Å²) in [6, 6.07) is 5.79. The molecule has 0 aliphatic rings. The molecule has 3 nitrogen and oxygen atoms in total. The molecule has 4 heteroatoms. The van der Waals surface area contributed by atoms with E-state index in [4.69, 9.17) is 9.47 Å². The van der Waals surface area contributed by atoms with Crippen LogP contribution in [0.2, 0.25) is 0 Å². The van der Waals surface area contributed by atoms with Crippen molar-refractivity contribution in [2.24, 2.45) is 0 Å². The first-order valence-corrected chi connectivity index (χ1v) is 5.22. The van der Waals surface area contributed by atoms with Gasteiger partial charge >= 0.3 is 0 Å². The van der Waals surface area contributed by atoms with E-state index in [0.29, 0.717) is 11.5 Å². The molecule has 78 valence electrons. The Kier molecular flexibility index (Phi) is 2.77. The van der Waals surface area contributed by atoms with E-state index < -0.39 is 0 Å². The second-order valence-corrected chi connectivity index (χ2v) is 3.75. The molecule has 0 atom stereocenters. The molecule has 1 heterocycles. The van der Waals surface area contributed by atoms with Gasteiger partial charge in [-0.1, -0.05) is 6.07 Å². The molecule has 2 rings (SSSR count). The first kappa shape index (κ1) is 10.2. The lowest BCUT2D eigenvalue weighted by Gasteiger charge is -2.10. The summed E-state index contributed by atoms with van der Waals surface area (Å²) >= 11 is 3.41. The Balaban J connectivity index is 2.85. The highest BCUT2D eigenvalue weighted by atomic mass is 79.9. The molecule has 0 bridgehead atoms. The highest BCUT2D eigenvalue weighted by molar-refractivity contribution is 9.10. The minimum absolute atomic E-state index is 0.704. The number of aromatic nitrogens is 1. The van der Waals surface area contributed by atoms with Gasteiger partial charge in [-0.2, -0.15) is 0 Å². The lowest BCUT2D eigenvalue weighted by Crippen LogP contribution is -1.92. The number of ether oxygens (including phenoxy) is 2. The van der Waals surface area contributed by atoms with E-state index in [1.54, 1.807) is 20.4 Å². The Bertz CT molecular complexity index is 499. The number of fused-ring (bicyclic) bond motifs is 1. The monoisotopic (exact) mass is 267 g/mol. The third-order valence-corrected chi connectivity index (χ3v) is 2.83. The molecule has 0 aliphatic heterocycles. The zero-order valence-electron chi connectivity index (χ0n) is 8.45. The number of halogens is 1. The second-order valence-electron chi connectivity index (χ2n) is 3.00. The summed E-state index contributed by atoms with van der Waals surface area (Å²) < 4.78 is 11.3. The zero-order valence-corrected chi connectivity index (χ0v) is 10.0. The normalized spacial score (nSPS) is 10.3. The van der Waals surface area contributed by atoms with Crippen molar-refractivity contribution in [3.8, 4) is 11.5 Å². The molecule has 0 N–H and O–H groups in total. The van der Waals surface area contributed by atoms with Crippen LogP contribution in [-0.2, 0) is 0 Å². The number of rotatable bonds is 2. The first-order valence-electron chi connectivity index (χ1n) is 4.43. The Hall–Kier alpha value is -1.29. The molecule has 1 aromatic carbocycles. The average molecular weight is 268 g/mol. The van der Waals surface area contributed by atoms with E-state index in [1.807, 2.05) is 18.2 Å². The van der Waals surface area contributed by atoms with Crippen LogP contribution in [0.3, 0.4) is 0 Å². The maximum absolute atomic E-state index is 5.34. The Morgan fingerprint density at radius 1 is 1.13 bits per heavy atom.